The summed E-state index contributed by atoms with van der Waals surface area (Å²) in [7, 11) is 1.82. The molecule has 0 radical (unpaired) electrons. The largest absolute Gasteiger partial charge is 0.375 e. The number of ether oxygens (including phenoxy) is 1. The second kappa shape index (κ2) is 4.59. The van der Waals surface area contributed by atoms with Gasteiger partial charge in [0.25, 0.3) is 0 Å². The van der Waals surface area contributed by atoms with Crippen molar-refractivity contribution in [3.63, 3.8) is 0 Å². The number of fused-ring (bicyclic) bond motifs is 2. The summed E-state index contributed by atoms with van der Waals surface area (Å²) in [5.41, 5.74) is 0.542. The first-order valence-electron chi connectivity index (χ1n) is 6.46. The molecule has 0 amide bonds. The van der Waals surface area contributed by atoms with Gasteiger partial charge >= 0.3 is 0 Å². The highest BCUT2D eigenvalue weighted by Gasteiger charge is 2.44. The summed E-state index contributed by atoms with van der Waals surface area (Å²) in [6.07, 6.45) is 3.68. The first-order chi connectivity index (χ1) is 8.69. The molecular weight excluding hydrogens is 236 g/mol. The first-order valence-corrected chi connectivity index (χ1v) is 6.46. The minimum atomic E-state index is -0.532. The summed E-state index contributed by atoms with van der Waals surface area (Å²) in [6.45, 7) is 0. The first kappa shape index (κ1) is 12.1. The lowest BCUT2D eigenvalue weighted by atomic mass is 9.81. The highest BCUT2D eigenvalue weighted by molar-refractivity contribution is 5.24. The fourth-order valence-electron chi connectivity index (χ4n) is 3.38. The molecule has 2 saturated heterocycles. The minimum absolute atomic E-state index is 0.0964. The molecule has 3 rings (SSSR count). The Balaban J connectivity index is 1.88. The second-order valence-corrected chi connectivity index (χ2v) is 5.21. The molecule has 2 aliphatic heterocycles. The molecule has 2 nitrogen and oxygen atoms in total. The average molecular weight is 253 g/mol. The van der Waals surface area contributed by atoms with E-state index >= 15 is 0 Å². The van der Waals surface area contributed by atoms with E-state index in [-0.39, 0.29) is 18.1 Å². The van der Waals surface area contributed by atoms with Gasteiger partial charge in [0.15, 0.2) is 0 Å². The van der Waals surface area contributed by atoms with Crippen LogP contribution < -0.4 is 5.32 Å². The van der Waals surface area contributed by atoms with Crippen molar-refractivity contribution < 1.29 is 13.5 Å². The summed E-state index contributed by atoms with van der Waals surface area (Å²) in [6, 6.07) is 3.71. The van der Waals surface area contributed by atoms with Crippen LogP contribution in [0, 0.1) is 17.6 Å². The normalized spacial score (nSPS) is 31.8. The molecule has 1 N–H and O–H groups in total. The third-order valence-corrected chi connectivity index (χ3v) is 4.19. The van der Waals surface area contributed by atoms with Crippen LogP contribution in [-0.4, -0.2) is 19.3 Å². The van der Waals surface area contributed by atoms with Crippen LogP contribution >= 0.6 is 0 Å². The maximum atomic E-state index is 13.9. The van der Waals surface area contributed by atoms with Crippen LogP contribution in [0.4, 0.5) is 8.78 Å². The molecule has 4 atom stereocenters. The molecule has 98 valence electrons. The van der Waals surface area contributed by atoms with E-state index in [1.807, 2.05) is 7.05 Å². The van der Waals surface area contributed by atoms with E-state index in [2.05, 4.69) is 5.32 Å². The molecule has 1 aromatic rings. The van der Waals surface area contributed by atoms with Crippen molar-refractivity contribution in [2.75, 3.05) is 7.05 Å². The molecule has 0 aliphatic carbocycles. The molecule has 18 heavy (non-hydrogen) atoms. The van der Waals surface area contributed by atoms with Crippen LogP contribution in [-0.2, 0) is 4.74 Å². The Bertz CT molecular complexity index is 451. The number of hydrogen-bond donors (Lipinski definition) is 1. The zero-order chi connectivity index (χ0) is 12.7. The lowest BCUT2D eigenvalue weighted by molar-refractivity contribution is 0.0860. The summed E-state index contributed by atoms with van der Waals surface area (Å²) >= 11 is 0. The summed E-state index contributed by atoms with van der Waals surface area (Å²) in [5, 5.41) is 3.16. The molecular formula is C14H17F2NO. The van der Waals surface area contributed by atoms with E-state index in [0.29, 0.717) is 11.7 Å². The predicted molar refractivity (Wildman–Crippen MR) is 64.2 cm³/mol. The lowest BCUT2D eigenvalue weighted by Gasteiger charge is -2.28. The molecule has 2 fully saturated rings. The van der Waals surface area contributed by atoms with Crippen LogP contribution in [0.2, 0.25) is 0 Å². The maximum Gasteiger partial charge on any atom is 0.130 e. The van der Waals surface area contributed by atoms with Gasteiger partial charge in [0.1, 0.15) is 11.6 Å². The van der Waals surface area contributed by atoms with Gasteiger partial charge in [-0.05, 0) is 32.4 Å². The lowest BCUT2D eigenvalue weighted by Crippen LogP contribution is -2.32. The molecule has 2 aliphatic rings. The van der Waals surface area contributed by atoms with Gasteiger partial charge in [-0.25, -0.2) is 8.78 Å². The standard InChI is InChI=1S/C14H17F2NO/c1-17-14(10-4-2-8(15)6-12(10)16)11-7-9-3-5-13(11)18-9/h2,4,6,9,11,13-14,17H,3,5,7H2,1H3. The van der Waals surface area contributed by atoms with Crippen LogP contribution in [0.15, 0.2) is 18.2 Å². The zero-order valence-electron chi connectivity index (χ0n) is 10.3. The second-order valence-electron chi connectivity index (χ2n) is 5.21. The molecule has 0 aromatic heterocycles. The third-order valence-electron chi connectivity index (χ3n) is 4.19. The van der Waals surface area contributed by atoms with Crippen molar-refractivity contribution in [2.45, 2.75) is 37.5 Å². The van der Waals surface area contributed by atoms with Gasteiger partial charge < -0.3 is 10.1 Å². The summed E-state index contributed by atoms with van der Waals surface area (Å²) in [4.78, 5) is 0. The quantitative estimate of drug-likeness (QED) is 0.894. The maximum absolute atomic E-state index is 13.9. The van der Waals surface area contributed by atoms with E-state index < -0.39 is 11.6 Å². The Morgan fingerprint density at radius 1 is 1.33 bits per heavy atom. The minimum Gasteiger partial charge on any atom is -0.375 e. The fourth-order valence-corrected chi connectivity index (χ4v) is 3.38. The topological polar surface area (TPSA) is 21.3 Å². The van der Waals surface area contributed by atoms with Crippen molar-refractivity contribution in [1.82, 2.24) is 5.32 Å². The Kier molecular flexibility index (Phi) is 3.08. The zero-order valence-corrected chi connectivity index (χ0v) is 10.3. The van der Waals surface area contributed by atoms with E-state index in [1.165, 1.54) is 12.1 Å². The molecule has 4 heteroatoms. The average Bonchev–Trinajstić information content (AvgIpc) is 2.95. The van der Waals surface area contributed by atoms with E-state index in [4.69, 9.17) is 4.74 Å². The van der Waals surface area contributed by atoms with E-state index in [0.717, 1.165) is 25.3 Å². The van der Waals surface area contributed by atoms with Crippen molar-refractivity contribution in [3.8, 4) is 0 Å². The van der Waals surface area contributed by atoms with Crippen LogP contribution in [0.5, 0.6) is 0 Å². The Morgan fingerprint density at radius 3 is 2.72 bits per heavy atom. The van der Waals surface area contributed by atoms with Crippen molar-refractivity contribution in [1.29, 1.82) is 0 Å². The number of rotatable bonds is 3. The summed E-state index contributed by atoms with van der Waals surface area (Å²) in [5.74, 6) is -0.721. The highest BCUT2D eigenvalue weighted by Crippen LogP contribution is 2.44. The monoisotopic (exact) mass is 253 g/mol. The fraction of sp³-hybridized carbons (Fsp3) is 0.571. The summed E-state index contributed by atoms with van der Waals surface area (Å²) < 4.78 is 32.6. The van der Waals surface area contributed by atoms with Crippen molar-refractivity contribution in [2.24, 2.45) is 5.92 Å². The van der Waals surface area contributed by atoms with Crippen LogP contribution in [0.1, 0.15) is 30.9 Å². The van der Waals surface area contributed by atoms with Gasteiger partial charge in [-0.3, -0.25) is 0 Å². The van der Waals surface area contributed by atoms with Crippen molar-refractivity contribution in [3.05, 3.63) is 35.4 Å². The molecule has 2 bridgehead atoms. The van der Waals surface area contributed by atoms with Gasteiger partial charge in [0.2, 0.25) is 0 Å². The molecule has 0 spiro atoms. The van der Waals surface area contributed by atoms with Gasteiger partial charge in [0, 0.05) is 23.6 Å². The molecule has 0 saturated carbocycles. The van der Waals surface area contributed by atoms with Gasteiger partial charge in [0.05, 0.1) is 12.2 Å². The third kappa shape index (κ3) is 1.93. The van der Waals surface area contributed by atoms with Gasteiger partial charge in [-0.2, -0.15) is 0 Å². The van der Waals surface area contributed by atoms with E-state index in [1.54, 1.807) is 0 Å². The SMILES string of the molecule is CNC(c1ccc(F)cc1F)C1CC2CCC1O2. The highest BCUT2D eigenvalue weighted by atomic mass is 19.1. The van der Waals surface area contributed by atoms with E-state index in [9.17, 15) is 8.78 Å². The predicted octanol–water partition coefficient (Wildman–Crippen LogP) is 2.79. The number of nitrogens with one attached hydrogen (secondary N) is 1. The molecule has 1 aromatic carbocycles. The molecule has 4 unspecified atom stereocenters. The van der Waals surface area contributed by atoms with Gasteiger partial charge in [-0.1, -0.05) is 6.07 Å². The smallest absolute Gasteiger partial charge is 0.130 e. The van der Waals surface area contributed by atoms with Gasteiger partial charge in [-0.15, -0.1) is 0 Å². The number of hydrogen-bond acceptors (Lipinski definition) is 2. The Morgan fingerprint density at radius 2 is 2.17 bits per heavy atom. The van der Waals surface area contributed by atoms with Crippen LogP contribution in [0.3, 0.4) is 0 Å². The number of halogens is 2. The van der Waals surface area contributed by atoms with Crippen LogP contribution in [0.25, 0.3) is 0 Å². The Hall–Kier alpha value is -1.00. The Labute approximate surface area is 105 Å². The number of benzene rings is 1. The molecule has 2 heterocycles. The van der Waals surface area contributed by atoms with Crippen molar-refractivity contribution >= 4 is 0 Å².